The summed E-state index contributed by atoms with van der Waals surface area (Å²) in [5, 5.41) is 11.1. The second-order valence-corrected chi connectivity index (χ2v) is 11.6. The summed E-state index contributed by atoms with van der Waals surface area (Å²) in [6.45, 7) is 12.6. The number of aliphatic hydroxyl groups excluding tert-OH is 1. The first-order chi connectivity index (χ1) is 19.4. The molecule has 41 heavy (non-hydrogen) atoms. The number of ether oxygens (including phenoxy) is 4. The second-order valence-electron chi connectivity index (χ2n) is 11.6. The van der Waals surface area contributed by atoms with Crippen LogP contribution in [0.1, 0.15) is 59.4 Å². The third-order valence-electron chi connectivity index (χ3n) is 9.04. The van der Waals surface area contributed by atoms with E-state index in [1.807, 2.05) is 37.3 Å². The summed E-state index contributed by atoms with van der Waals surface area (Å²) in [4.78, 5) is 37.8. The smallest absolute Gasteiger partial charge is 0.331 e. The highest BCUT2D eigenvalue weighted by Crippen LogP contribution is 2.67. The largest absolute Gasteiger partial charge is 0.458 e. The number of carbonyl (C=O) groups excluding carboxylic acids is 3. The minimum Gasteiger partial charge on any atom is -0.458 e. The van der Waals surface area contributed by atoms with Crippen molar-refractivity contribution in [2.24, 2.45) is 22.7 Å². The van der Waals surface area contributed by atoms with E-state index in [4.69, 9.17) is 18.9 Å². The SMILES string of the molecule is C=C/C(C)=C/C[C@]1(C)[C@H]2C[C@H](O)C=C3[C@H](OC(C)=O)O[C@@H](OC(C)=O)[C@@]32[C@H](OC(=O)/C=C/c2ccccc2)C[C@@H]1C. The summed E-state index contributed by atoms with van der Waals surface area (Å²) in [5.74, 6) is -2.09. The van der Waals surface area contributed by atoms with Crippen LogP contribution in [0, 0.1) is 22.7 Å². The summed E-state index contributed by atoms with van der Waals surface area (Å²) >= 11 is 0. The lowest BCUT2D eigenvalue weighted by Gasteiger charge is -2.60. The van der Waals surface area contributed by atoms with Crippen molar-refractivity contribution in [1.29, 1.82) is 0 Å². The fourth-order valence-corrected chi connectivity index (χ4v) is 6.82. The van der Waals surface area contributed by atoms with Crippen LogP contribution < -0.4 is 0 Å². The van der Waals surface area contributed by atoms with E-state index in [1.165, 1.54) is 19.9 Å². The molecule has 0 amide bonds. The topological polar surface area (TPSA) is 108 Å². The molecule has 4 rings (SSSR count). The summed E-state index contributed by atoms with van der Waals surface area (Å²) in [7, 11) is 0. The van der Waals surface area contributed by atoms with Crippen LogP contribution in [0.5, 0.6) is 0 Å². The van der Waals surface area contributed by atoms with Gasteiger partial charge < -0.3 is 19.3 Å². The Morgan fingerprint density at radius 2 is 1.76 bits per heavy atom. The zero-order chi connectivity index (χ0) is 29.9. The van der Waals surface area contributed by atoms with Crippen molar-refractivity contribution in [2.75, 3.05) is 0 Å². The van der Waals surface area contributed by atoms with Crippen LogP contribution in [-0.4, -0.2) is 47.8 Å². The quantitative estimate of drug-likeness (QED) is 0.149. The number of carbonyl (C=O) groups is 3. The van der Waals surface area contributed by atoms with Gasteiger partial charge in [-0.3, -0.25) is 14.3 Å². The molecule has 1 saturated carbocycles. The van der Waals surface area contributed by atoms with E-state index in [1.54, 1.807) is 18.2 Å². The molecule has 1 aromatic carbocycles. The van der Waals surface area contributed by atoms with E-state index in [0.717, 1.165) is 11.1 Å². The first-order valence-corrected chi connectivity index (χ1v) is 14.0. The molecular formula is C33H40O8. The molecule has 8 heteroatoms. The lowest BCUT2D eigenvalue weighted by Crippen LogP contribution is -2.63. The molecule has 1 spiro atoms. The zero-order valence-corrected chi connectivity index (χ0v) is 24.4. The molecule has 1 saturated heterocycles. The summed E-state index contributed by atoms with van der Waals surface area (Å²) in [6.07, 6.45) is 5.84. The minimum atomic E-state index is -1.21. The number of esters is 3. The lowest BCUT2D eigenvalue weighted by molar-refractivity contribution is -0.256. The van der Waals surface area contributed by atoms with Gasteiger partial charge in [0.05, 0.1) is 6.10 Å². The summed E-state index contributed by atoms with van der Waals surface area (Å²) in [5.41, 5.74) is 0.665. The van der Waals surface area contributed by atoms with Gasteiger partial charge in [-0.1, -0.05) is 68.5 Å². The van der Waals surface area contributed by atoms with Gasteiger partial charge in [0, 0.05) is 25.5 Å². The van der Waals surface area contributed by atoms with Crippen molar-refractivity contribution in [3.63, 3.8) is 0 Å². The van der Waals surface area contributed by atoms with E-state index in [9.17, 15) is 19.5 Å². The zero-order valence-electron chi connectivity index (χ0n) is 24.4. The number of hydrogen-bond donors (Lipinski definition) is 1. The Kier molecular flexibility index (Phi) is 9.04. The highest BCUT2D eigenvalue weighted by molar-refractivity contribution is 5.87. The average Bonchev–Trinajstić information content (AvgIpc) is 3.20. The van der Waals surface area contributed by atoms with Crippen LogP contribution in [0.3, 0.4) is 0 Å². The number of aliphatic hydroxyl groups is 1. The van der Waals surface area contributed by atoms with E-state index < -0.39 is 53.5 Å². The van der Waals surface area contributed by atoms with E-state index in [-0.39, 0.29) is 11.8 Å². The third-order valence-corrected chi connectivity index (χ3v) is 9.04. The van der Waals surface area contributed by atoms with Crippen molar-refractivity contribution in [3.8, 4) is 0 Å². The monoisotopic (exact) mass is 564 g/mol. The molecule has 2 aliphatic carbocycles. The van der Waals surface area contributed by atoms with Gasteiger partial charge in [0.25, 0.3) is 0 Å². The van der Waals surface area contributed by atoms with Crippen LogP contribution in [-0.2, 0) is 33.3 Å². The molecule has 8 atom stereocenters. The molecule has 0 radical (unpaired) electrons. The molecule has 3 aliphatic rings. The Hall–Kier alpha value is -3.49. The number of allylic oxidation sites excluding steroid dienone is 3. The van der Waals surface area contributed by atoms with Gasteiger partial charge in [0.1, 0.15) is 11.5 Å². The Labute approximate surface area is 241 Å². The van der Waals surface area contributed by atoms with Crippen molar-refractivity contribution in [1.82, 2.24) is 0 Å². The maximum absolute atomic E-state index is 13.3. The van der Waals surface area contributed by atoms with Crippen LogP contribution in [0.4, 0.5) is 0 Å². The fraction of sp³-hybridized carbons (Fsp3) is 0.485. The molecule has 220 valence electrons. The van der Waals surface area contributed by atoms with Gasteiger partial charge in [-0.15, -0.1) is 0 Å². The molecule has 0 aromatic heterocycles. The summed E-state index contributed by atoms with van der Waals surface area (Å²) < 4.78 is 23.7. The van der Waals surface area contributed by atoms with Gasteiger partial charge in [0.2, 0.25) is 12.6 Å². The highest BCUT2D eigenvalue weighted by Gasteiger charge is 2.72. The van der Waals surface area contributed by atoms with Crippen molar-refractivity contribution in [2.45, 2.75) is 78.7 Å². The lowest BCUT2D eigenvalue weighted by atomic mass is 9.45. The highest BCUT2D eigenvalue weighted by atomic mass is 16.8. The number of rotatable bonds is 8. The molecule has 2 fully saturated rings. The fourth-order valence-electron chi connectivity index (χ4n) is 6.82. The Bertz CT molecular complexity index is 1260. The molecule has 1 heterocycles. The average molecular weight is 565 g/mol. The second kappa shape index (κ2) is 12.2. The standard InChI is InChI=1S/C33H40O8/c1-7-20(2)15-16-32(6)21(3)17-28(40-29(37)14-13-24-11-9-8-10-12-24)33-26(18-25(36)19-27(32)33)30(38-22(4)34)41-31(33)39-23(5)35/h7-15,18,21,25,27-28,30-31,36H,1,16-17,19H2,2-6H3/b14-13+,20-15+/t21-,25+,27+,28+,30+,31+,32-,33-/m0/s1. The van der Waals surface area contributed by atoms with Gasteiger partial charge in [-0.2, -0.15) is 0 Å². The van der Waals surface area contributed by atoms with Crippen molar-refractivity contribution < 1.29 is 38.4 Å². The van der Waals surface area contributed by atoms with Crippen molar-refractivity contribution in [3.05, 3.63) is 77.9 Å². The van der Waals surface area contributed by atoms with Gasteiger partial charge in [-0.05, 0) is 61.2 Å². The molecule has 0 bridgehead atoms. The van der Waals surface area contributed by atoms with Crippen LogP contribution in [0.15, 0.2) is 72.4 Å². The maximum atomic E-state index is 13.3. The normalized spacial score (nSPS) is 34.7. The van der Waals surface area contributed by atoms with Crippen LogP contribution >= 0.6 is 0 Å². The van der Waals surface area contributed by atoms with Gasteiger partial charge >= 0.3 is 17.9 Å². The Balaban J connectivity index is 1.85. The van der Waals surface area contributed by atoms with E-state index in [0.29, 0.717) is 24.8 Å². The molecule has 1 aliphatic heterocycles. The third kappa shape index (κ3) is 5.95. The van der Waals surface area contributed by atoms with Crippen molar-refractivity contribution >= 4 is 24.0 Å². The molecule has 1 N–H and O–H groups in total. The number of hydrogen-bond acceptors (Lipinski definition) is 8. The first kappa shape index (κ1) is 30.5. The first-order valence-electron chi connectivity index (χ1n) is 14.0. The van der Waals surface area contributed by atoms with Gasteiger partial charge in [-0.25, -0.2) is 4.79 Å². The number of benzene rings is 1. The Morgan fingerprint density at radius 1 is 1.07 bits per heavy atom. The van der Waals surface area contributed by atoms with E-state index >= 15 is 0 Å². The van der Waals surface area contributed by atoms with Crippen LogP contribution in [0.2, 0.25) is 0 Å². The molecular weight excluding hydrogens is 524 g/mol. The summed E-state index contributed by atoms with van der Waals surface area (Å²) in [6, 6.07) is 9.39. The maximum Gasteiger partial charge on any atom is 0.331 e. The predicted molar refractivity (Wildman–Crippen MR) is 153 cm³/mol. The molecule has 1 aromatic rings. The minimum absolute atomic E-state index is 0.0280. The van der Waals surface area contributed by atoms with E-state index in [2.05, 4.69) is 26.5 Å². The van der Waals surface area contributed by atoms with Gasteiger partial charge in [0.15, 0.2) is 0 Å². The molecule has 8 nitrogen and oxygen atoms in total. The molecule has 0 unspecified atom stereocenters. The predicted octanol–water partition coefficient (Wildman–Crippen LogP) is 5.28. The van der Waals surface area contributed by atoms with Crippen LogP contribution in [0.25, 0.3) is 6.08 Å². The Morgan fingerprint density at radius 3 is 2.39 bits per heavy atom.